The summed E-state index contributed by atoms with van der Waals surface area (Å²) in [6, 6.07) is 5.14. The van der Waals surface area contributed by atoms with E-state index in [1.807, 2.05) is 0 Å². The third kappa shape index (κ3) is 3.46. The largest absolute Gasteiger partial charge is 0.478 e. The Morgan fingerprint density at radius 2 is 1.87 bits per heavy atom. The van der Waals surface area contributed by atoms with Crippen molar-refractivity contribution in [1.82, 2.24) is 0 Å². The van der Waals surface area contributed by atoms with Crippen molar-refractivity contribution in [2.75, 3.05) is 11.4 Å². The molecule has 0 saturated heterocycles. The quantitative estimate of drug-likeness (QED) is 0.647. The minimum absolute atomic E-state index is 0.0441. The number of halogens is 5. The Morgan fingerprint density at radius 1 is 1.19 bits per heavy atom. The van der Waals surface area contributed by atoms with E-state index in [0.29, 0.717) is 6.07 Å². The van der Waals surface area contributed by atoms with E-state index in [1.165, 1.54) is 18.2 Å². The maximum atomic E-state index is 14.0. The maximum Gasteiger partial charge on any atom is 0.416 e. The number of hydrogen-bond donors (Lipinski definition) is 2. The van der Waals surface area contributed by atoms with E-state index in [-0.39, 0.29) is 33.8 Å². The Hall–Kier alpha value is -2.29. The minimum Gasteiger partial charge on any atom is -0.478 e. The lowest BCUT2D eigenvalue weighted by Gasteiger charge is -2.31. The minimum atomic E-state index is -5.03. The van der Waals surface area contributed by atoms with Gasteiger partial charge in [0, 0.05) is 27.7 Å². The highest BCUT2D eigenvalue weighted by Crippen LogP contribution is 2.52. The monoisotopic (exact) mass is 473 g/mol. The summed E-state index contributed by atoms with van der Waals surface area (Å²) in [4.78, 5) is 26.0. The second-order valence-electron chi connectivity index (χ2n) is 7.77. The zero-order valence-corrected chi connectivity index (χ0v) is 17.4. The Morgan fingerprint density at radius 3 is 2.39 bits per heavy atom. The predicted octanol–water partition coefficient (Wildman–Crippen LogP) is 5.09. The molecule has 1 fully saturated rings. The molecule has 0 bridgehead atoms. The van der Waals surface area contributed by atoms with E-state index < -0.39 is 40.3 Å². The van der Waals surface area contributed by atoms with Crippen LogP contribution in [0.1, 0.15) is 46.3 Å². The highest BCUT2D eigenvalue weighted by molar-refractivity contribution is 6.35. The number of carboxylic acids is 1. The topological polar surface area (TPSA) is 77.8 Å². The molecule has 1 aliphatic heterocycles. The predicted molar refractivity (Wildman–Crippen MR) is 108 cm³/mol. The molecule has 2 N–H and O–H groups in total. The molecule has 1 saturated carbocycles. The van der Waals surface area contributed by atoms with Gasteiger partial charge in [-0.05, 0) is 43.0 Å². The summed E-state index contributed by atoms with van der Waals surface area (Å²) >= 11 is 12.1. The number of alkyl halides is 3. The molecule has 1 aliphatic carbocycles. The van der Waals surface area contributed by atoms with E-state index >= 15 is 0 Å². The molecule has 4 rings (SSSR count). The highest BCUT2D eigenvalue weighted by atomic mass is 35.5. The third-order valence-corrected chi connectivity index (χ3v) is 6.41. The van der Waals surface area contributed by atoms with Crippen molar-refractivity contribution in [3.8, 4) is 0 Å². The molecule has 1 atom stereocenters. The van der Waals surface area contributed by atoms with Crippen LogP contribution in [-0.2, 0) is 16.6 Å². The SMILES string of the molecule is O=C(O)c1cc2c(c(C(F)(F)F)c1)C(O)(c1ccc(Cl)cc1Cl)C(=O)N2CC1CCC1. The van der Waals surface area contributed by atoms with Gasteiger partial charge in [-0.1, -0.05) is 35.7 Å². The Balaban J connectivity index is 2.03. The van der Waals surface area contributed by atoms with Crippen LogP contribution in [0.4, 0.5) is 18.9 Å². The molecule has 0 radical (unpaired) electrons. The van der Waals surface area contributed by atoms with Gasteiger partial charge in [0.1, 0.15) is 0 Å². The van der Waals surface area contributed by atoms with E-state index in [0.717, 1.165) is 30.2 Å². The van der Waals surface area contributed by atoms with Crippen LogP contribution in [-0.4, -0.2) is 28.6 Å². The molecule has 1 unspecified atom stereocenters. The van der Waals surface area contributed by atoms with E-state index in [2.05, 4.69) is 0 Å². The number of nitrogens with zero attached hydrogens (tertiary/aromatic N) is 1. The molecule has 1 amide bonds. The Bertz CT molecular complexity index is 1100. The van der Waals surface area contributed by atoms with Crippen LogP contribution in [0.5, 0.6) is 0 Å². The van der Waals surface area contributed by atoms with Crippen molar-refractivity contribution in [2.45, 2.75) is 31.0 Å². The van der Waals surface area contributed by atoms with Gasteiger partial charge in [-0.15, -0.1) is 0 Å². The molecule has 31 heavy (non-hydrogen) atoms. The Labute approximate surface area is 185 Å². The molecule has 0 spiro atoms. The van der Waals surface area contributed by atoms with Crippen LogP contribution in [0.25, 0.3) is 0 Å². The van der Waals surface area contributed by atoms with Gasteiger partial charge >= 0.3 is 12.1 Å². The lowest BCUT2D eigenvalue weighted by Crippen LogP contribution is -2.44. The van der Waals surface area contributed by atoms with Crippen LogP contribution in [0.3, 0.4) is 0 Å². The standard InChI is InChI=1S/C21H16Cl2F3NO4/c22-12-4-5-13(15(23)8-12)20(31)17-14(21(24,25)26)6-11(18(28)29)7-16(17)27(19(20)30)9-10-2-1-3-10/h4-8,10,31H,1-3,9H2,(H,28,29). The van der Waals surface area contributed by atoms with Crippen molar-refractivity contribution in [3.63, 3.8) is 0 Å². The van der Waals surface area contributed by atoms with Gasteiger partial charge < -0.3 is 15.1 Å². The van der Waals surface area contributed by atoms with Crippen LogP contribution < -0.4 is 4.90 Å². The van der Waals surface area contributed by atoms with Crippen molar-refractivity contribution in [3.05, 3.63) is 62.6 Å². The van der Waals surface area contributed by atoms with Crippen LogP contribution in [0.2, 0.25) is 10.0 Å². The number of carbonyl (C=O) groups excluding carboxylic acids is 1. The average molecular weight is 474 g/mol. The number of fused-ring (bicyclic) bond motifs is 1. The van der Waals surface area contributed by atoms with E-state index in [1.54, 1.807) is 0 Å². The summed E-state index contributed by atoms with van der Waals surface area (Å²) in [6.45, 7) is 0.0692. The molecule has 10 heteroatoms. The highest BCUT2D eigenvalue weighted by Gasteiger charge is 2.57. The number of carboxylic acid groups (broad SMARTS) is 1. The normalized spacial score (nSPS) is 21.2. The van der Waals surface area contributed by atoms with Gasteiger partial charge in [-0.2, -0.15) is 13.2 Å². The molecular weight excluding hydrogens is 458 g/mol. The number of benzene rings is 2. The number of anilines is 1. The molecule has 2 aromatic rings. The summed E-state index contributed by atoms with van der Waals surface area (Å²) < 4.78 is 42.0. The number of hydrogen-bond acceptors (Lipinski definition) is 3. The van der Waals surface area contributed by atoms with Crippen LogP contribution in [0.15, 0.2) is 30.3 Å². The molecular formula is C21H16Cl2F3NO4. The number of amides is 1. The summed E-state index contributed by atoms with van der Waals surface area (Å²) in [6.07, 6.45) is -2.54. The number of aromatic carboxylic acids is 1. The van der Waals surface area contributed by atoms with Gasteiger partial charge in [0.2, 0.25) is 0 Å². The van der Waals surface area contributed by atoms with Gasteiger partial charge in [0.15, 0.2) is 5.60 Å². The molecule has 2 aromatic carbocycles. The van der Waals surface area contributed by atoms with Crippen molar-refractivity contribution < 1.29 is 33.0 Å². The van der Waals surface area contributed by atoms with E-state index in [4.69, 9.17) is 23.2 Å². The van der Waals surface area contributed by atoms with Crippen molar-refractivity contribution in [1.29, 1.82) is 0 Å². The molecule has 0 aromatic heterocycles. The lowest BCUT2D eigenvalue weighted by atomic mass is 9.83. The fourth-order valence-electron chi connectivity index (χ4n) is 4.13. The number of carbonyl (C=O) groups is 2. The summed E-state index contributed by atoms with van der Waals surface area (Å²) in [7, 11) is 0. The molecule has 164 valence electrons. The fraction of sp³-hybridized carbons (Fsp3) is 0.333. The molecule has 5 nitrogen and oxygen atoms in total. The zero-order chi connectivity index (χ0) is 22.7. The van der Waals surface area contributed by atoms with Gasteiger partial charge in [0.25, 0.3) is 5.91 Å². The first-order chi connectivity index (χ1) is 14.4. The fourth-order valence-corrected chi connectivity index (χ4v) is 4.67. The van der Waals surface area contributed by atoms with Crippen LogP contribution in [0, 0.1) is 5.92 Å². The average Bonchev–Trinajstić information content (AvgIpc) is 2.85. The number of aliphatic hydroxyl groups is 1. The first kappa shape index (κ1) is 21.9. The molecule has 1 heterocycles. The summed E-state index contributed by atoms with van der Waals surface area (Å²) in [5.41, 5.74) is -6.04. The van der Waals surface area contributed by atoms with Gasteiger partial charge in [-0.3, -0.25) is 4.79 Å². The van der Waals surface area contributed by atoms with Crippen molar-refractivity contribution >= 4 is 40.8 Å². The van der Waals surface area contributed by atoms with Gasteiger partial charge in [0.05, 0.1) is 16.8 Å². The lowest BCUT2D eigenvalue weighted by molar-refractivity contribution is -0.142. The summed E-state index contributed by atoms with van der Waals surface area (Å²) in [5, 5.41) is 20.9. The number of rotatable bonds is 4. The smallest absolute Gasteiger partial charge is 0.416 e. The second-order valence-corrected chi connectivity index (χ2v) is 8.61. The Kier molecular flexibility index (Phi) is 5.23. The second kappa shape index (κ2) is 7.39. The van der Waals surface area contributed by atoms with Crippen LogP contribution >= 0.6 is 23.2 Å². The summed E-state index contributed by atoms with van der Waals surface area (Å²) in [5.74, 6) is -2.54. The van der Waals surface area contributed by atoms with E-state index in [9.17, 15) is 33.0 Å². The zero-order valence-electron chi connectivity index (χ0n) is 15.8. The van der Waals surface area contributed by atoms with Gasteiger partial charge in [-0.25, -0.2) is 4.79 Å². The van der Waals surface area contributed by atoms with Crippen molar-refractivity contribution in [2.24, 2.45) is 5.92 Å². The first-order valence-electron chi connectivity index (χ1n) is 9.43. The third-order valence-electron chi connectivity index (χ3n) is 5.86. The maximum absolute atomic E-state index is 14.0. The first-order valence-corrected chi connectivity index (χ1v) is 10.2. The molecule has 2 aliphatic rings.